The molecular weight excluding hydrogens is 348 g/mol. The maximum absolute atomic E-state index is 11.9. The maximum atomic E-state index is 11.9. The number of urea groups is 1. The van der Waals surface area contributed by atoms with E-state index < -0.39 is 6.10 Å². The van der Waals surface area contributed by atoms with E-state index in [1.807, 2.05) is 54.6 Å². The molecule has 1 atom stereocenters. The van der Waals surface area contributed by atoms with Crippen molar-refractivity contribution < 1.29 is 9.90 Å². The number of carbonyl (C=O) groups is 1. The molecule has 2 amide bonds. The van der Waals surface area contributed by atoms with Gasteiger partial charge in [0.25, 0.3) is 0 Å². The molecule has 0 heterocycles. The van der Waals surface area contributed by atoms with Crippen LogP contribution in [0.25, 0.3) is 10.8 Å². The summed E-state index contributed by atoms with van der Waals surface area (Å²) in [5, 5.41) is 18.8. The molecule has 0 saturated carbocycles. The summed E-state index contributed by atoms with van der Waals surface area (Å²) in [6.45, 7) is 0.811. The first kappa shape index (κ1) is 18.2. The summed E-state index contributed by atoms with van der Waals surface area (Å²) >= 11 is 5.84. The maximum Gasteiger partial charge on any atom is 0.315 e. The average molecular weight is 369 g/mol. The van der Waals surface area contributed by atoms with Gasteiger partial charge in [0.15, 0.2) is 0 Å². The van der Waals surface area contributed by atoms with Crippen molar-refractivity contribution in [3.8, 4) is 0 Å². The molecule has 0 saturated heterocycles. The topological polar surface area (TPSA) is 61.4 Å². The van der Waals surface area contributed by atoms with E-state index in [0.717, 1.165) is 21.9 Å². The first-order chi connectivity index (χ1) is 12.6. The van der Waals surface area contributed by atoms with Crippen molar-refractivity contribution in [3.63, 3.8) is 0 Å². The van der Waals surface area contributed by atoms with Crippen LogP contribution in [0.2, 0.25) is 5.02 Å². The molecule has 3 rings (SSSR count). The normalized spacial score (nSPS) is 11.9. The van der Waals surface area contributed by atoms with E-state index >= 15 is 0 Å². The highest BCUT2D eigenvalue weighted by atomic mass is 35.5. The Kier molecular flexibility index (Phi) is 6.10. The molecule has 0 aliphatic rings. The zero-order valence-electron chi connectivity index (χ0n) is 14.3. The van der Waals surface area contributed by atoms with Gasteiger partial charge in [-0.25, -0.2) is 4.79 Å². The van der Waals surface area contributed by atoms with Crippen molar-refractivity contribution in [2.45, 2.75) is 19.1 Å². The molecule has 0 aliphatic heterocycles. The van der Waals surface area contributed by atoms with Crippen molar-refractivity contribution in [1.82, 2.24) is 10.6 Å². The lowest BCUT2D eigenvalue weighted by atomic mass is 9.99. The van der Waals surface area contributed by atoms with Gasteiger partial charge >= 0.3 is 6.03 Å². The molecule has 134 valence electrons. The number of aliphatic hydroxyl groups is 1. The Balaban J connectivity index is 1.47. The van der Waals surface area contributed by atoms with Crippen LogP contribution < -0.4 is 10.6 Å². The van der Waals surface area contributed by atoms with Gasteiger partial charge in [0.2, 0.25) is 0 Å². The molecule has 5 heteroatoms. The molecule has 3 N–H and O–H groups in total. The number of benzene rings is 3. The molecule has 0 aromatic heterocycles. The lowest BCUT2D eigenvalue weighted by molar-refractivity contribution is 0.168. The summed E-state index contributed by atoms with van der Waals surface area (Å²) < 4.78 is 0. The van der Waals surface area contributed by atoms with E-state index in [0.29, 0.717) is 24.5 Å². The Labute approximate surface area is 157 Å². The number of hydrogen-bond donors (Lipinski definition) is 3. The molecule has 3 aromatic rings. The summed E-state index contributed by atoms with van der Waals surface area (Å²) in [5.41, 5.74) is 1.85. The smallest absolute Gasteiger partial charge is 0.315 e. The number of rotatable bonds is 6. The van der Waals surface area contributed by atoms with Gasteiger partial charge in [-0.3, -0.25) is 0 Å². The first-order valence-electron chi connectivity index (χ1n) is 8.55. The Morgan fingerprint density at radius 2 is 1.69 bits per heavy atom. The van der Waals surface area contributed by atoms with E-state index in [9.17, 15) is 9.90 Å². The van der Waals surface area contributed by atoms with Crippen molar-refractivity contribution >= 4 is 28.4 Å². The van der Waals surface area contributed by atoms with Crippen LogP contribution in [0.1, 0.15) is 23.7 Å². The van der Waals surface area contributed by atoms with Gasteiger partial charge in [-0.2, -0.15) is 0 Å². The Morgan fingerprint density at radius 1 is 0.962 bits per heavy atom. The minimum Gasteiger partial charge on any atom is -0.388 e. The predicted molar refractivity (Wildman–Crippen MR) is 105 cm³/mol. The highest BCUT2D eigenvalue weighted by Crippen LogP contribution is 2.25. The SMILES string of the molecule is O=C(NCCC(O)c1cccc2ccccc12)NCc1ccc(Cl)cc1. The molecule has 0 aliphatic carbocycles. The quantitative estimate of drug-likeness (QED) is 0.603. The highest BCUT2D eigenvalue weighted by molar-refractivity contribution is 6.30. The zero-order valence-corrected chi connectivity index (χ0v) is 15.0. The Bertz CT molecular complexity index is 875. The molecular formula is C21H21ClN2O2. The Hall–Kier alpha value is -2.56. The van der Waals surface area contributed by atoms with E-state index in [2.05, 4.69) is 10.6 Å². The van der Waals surface area contributed by atoms with Gasteiger partial charge in [-0.15, -0.1) is 0 Å². The summed E-state index contributed by atoms with van der Waals surface area (Å²) in [4.78, 5) is 11.9. The van der Waals surface area contributed by atoms with Gasteiger partial charge in [0, 0.05) is 18.1 Å². The summed E-state index contributed by atoms with van der Waals surface area (Å²) in [6.07, 6.45) is -0.180. The van der Waals surface area contributed by atoms with Crippen LogP contribution in [0.15, 0.2) is 66.7 Å². The largest absolute Gasteiger partial charge is 0.388 e. The summed E-state index contributed by atoms with van der Waals surface area (Å²) in [5.74, 6) is 0. The van der Waals surface area contributed by atoms with Gasteiger partial charge in [0.1, 0.15) is 0 Å². The summed E-state index contributed by atoms with van der Waals surface area (Å²) in [7, 11) is 0. The molecule has 0 spiro atoms. The number of fused-ring (bicyclic) bond motifs is 1. The molecule has 3 aromatic carbocycles. The average Bonchev–Trinajstić information content (AvgIpc) is 2.67. The fourth-order valence-electron chi connectivity index (χ4n) is 2.87. The molecule has 0 radical (unpaired) electrons. The van der Waals surface area contributed by atoms with Crippen molar-refractivity contribution in [2.75, 3.05) is 6.54 Å². The van der Waals surface area contributed by atoms with Gasteiger partial charge in [0.05, 0.1) is 6.10 Å². The number of halogens is 1. The van der Waals surface area contributed by atoms with E-state index in [-0.39, 0.29) is 6.03 Å². The van der Waals surface area contributed by atoms with E-state index in [1.54, 1.807) is 12.1 Å². The van der Waals surface area contributed by atoms with Crippen LogP contribution in [0.5, 0.6) is 0 Å². The molecule has 0 fully saturated rings. The monoisotopic (exact) mass is 368 g/mol. The number of amides is 2. The van der Waals surface area contributed by atoms with Crippen LogP contribution in [0.3, 0.4) is 0 Å². The second-order valence-corrected chi connectivity index (χ2v) is 6.55. The number of aliphatic hydroxyl groups excluding tert-OH is 1. The van der Waals surface area contributed by atoms with Gasteiger partial charge in [-0.1, -0.05) is 66.2 Å². The second kappa shape index (κ2) is 8.70. The van der Waals surface area contributed by atoms with Gasteiger partial charge in [-0.05, 0) is 40.5 Å². The number of hydrogen-bond acceptors (Lipinski definition) is 2. The molecule has 4 nitrogen and oxygen atoms in total. The fraction of sp³-hybridized carbons (Fsp3) is 0.190. The molecule has 1 unspecified atom stereocenters. The number of carbonyl (C=O) groups excluding carboxylic acids is 1. The fourth-order valence-corrected chi connectivity index (χ4v) is 2.99. The van der Waals surface area contributed by atoms with Crippen LogP contribution in [0.4, 0.5) is 4.79 Å². The minimum atomic E-state index is -0.627. The van der Waals surface area contributed by atoms with Crippen LogP contribution in [0, 0.1) is 0 Å². The predicted octanol–water partition coefficient (Wildman–Crippen LogP) is 4.42. The molecule has 26 heavy (non-hydrogen) atoms. The van der Waals surface area contributed by atoms with Crippen molar-refractivity contribution in [1.29, 1.82) is 0 Å². The third-order valence-corrected chi connectivity index (χ3v) is 4.50. The van der Waals surface area contributed by atoms with Crippen LogP contribution in [-0.2, 0) is 6.54 Å². The Morgan fingerprint density at radius 3 is 2.50 bits per heavy atom. The first-order valence-corrected chi connectivity index (χ1v) is 8.93. The number of nitrogens with one attached hydrogen (secondary N) is 2. The van der Waals surface area contributed by atoms with Crippen molar-refractivity contribution in [3.05, 3.63) is 82.9 Å². The summed E-state index contributed by atoms with van der Waals surface area (Å²) in [6, 6.07) is 20.9. The van der Waals surface area contributed by atoms with Crippen LogP contribution >= 0.6 is 11.6 Å². The van der Waals surface area contributed by atoms with Crippen molar-refractivity contribution in [2.24, 2.45) is 0 Å². The third kappa shape index (κ3) is 4.75. The second-order valence-electron chi connectivity index (χ2n) is 6.11. The highest BCUT2D eigenvalue weighted by Gasteiger charge is 2.11. The van der Waals surface area contributed by atoms with E-state index in [1.165, 1.54) is 0 Å². The van der Waals surface area contributed by atoms with E-state index in [4.69, 9.17) is 11.6 Å². The lowest BCUT2D eigenvalue weighted by Crippen LogP contribution is -2.36. The van der Waals surface area contributed by atoms with Crippen LogP contribution in [-0.4, -0.2) is 17.7 Å². The lowest BCUT2D eigenvalue weighted by Gasteiger charge is -2.14. The minimum absolute atomic E-state index is 0.259. The third-order valence-electron chi connectivity index (χ3n) is 4.25. The zero-order chi connectivity index (χ0) is 18.4. The standard InChI is InChI=1S/C21H21ClN2O2/c22-17-10-8-15(9-11-17)14-24-21(26)23-13-12-20(25)19-7-3-5-16-4-1-2-6-18(16)19/h1-11,20,25H,12-14H2,(H2,23,24,26). The molecule has 0 bridgehead atoms. The van der Waals surface area contributed by atoms with Gasteiger partial charge < -0.3 is 15.7 Å².